The van der Waals surface area contributed by atoms with E-state index in [1.807, 2.05) is 0 Å². The van der Waals surface area contributed by atoms with E-state index >= 15 is 0 Å². The number of nitrogens with zero attached hydrogens (tertiary/aromatic N) is 1. The van der Waals surface area contributed by atoms with E-state index in [1.54, 1.807) is 0 Å². The fourth-order valence-electron chi connectivity index (χ4n) is 1.30. The van der Waals surface area contributed by atoms with Gasteiger partial charge in [-0.15, -0.1) is 0 Å². The van der Waals surface area contributed by atoms with Crippen molar-refractivity contribution in [3.05, 3.63) is 34.9 Å². The fraction of sp³-hybridized carbons (Fsp3) is 0.364. The molecule has 0 aliphatic carbocycles. The van der Waals surface area contributed by atoms with Gasteiger partial charge in [0.25, 0.3) is 0 Å². The Balaban J connectivity index is 2.62. The van der Waals surface area contributed by atoms with Crippen molar-refractivity contribution < 1.29 is 0 Å². The van der Waals surface area contributed by atoms with E-state index in [0.717, 1.165) is 6.54 Å². The smallest absolute Gasteiger partial charge is 0.0843 e. The molecule has 1 rings (SSSR count). The van der Waals surface area contributed by atoms with Crippen molar-refractivity contribution in [1.29, 1.82) is 5.26 Å². The summed E-state index contributed by atoms with van der Waals surface area (Å²) in [4.78, 5) is 0. The van der Waals surface area contributed by atoms with E-state index in [1.165, 1.54) is 16.7 Å². The van der Waals surface area contributed by atoms with Crippen molar-refractivity contribution in [2.24, 2.45) is 0 Å². The first kappa shape index (κ1) is 9.76. The van der Waals surface area contributed by atoms with Gasteiger partial charge in [0, 0.05) is 6.54 Å². The zero-order valence-electron chi connectivity index (χ0n) is 8.09. The van der Waals surface area contributed by atoms with E-state index in [9.17, 15) is 0 Å². The molecule has 0 aromatic heterocycles. The fourth-order valence-corrected chi connectivity index (χ4v) is 1.30. The molecule has 0 aliphatic rings. The summed E-state index contributed by atoms with van der Waals surface area (Å²) < 4.78 is 0. The molecule has 0 saturated carbocycles. The molecular formula is C11H14N2. The highest BCUT2D eigenvalue weighted by molar-refractivity contribution is 5.30. The minimum atomic E-state index is 0.410. The molecule has 0 amide bonds. The largest absolute Gasteiger partial charge is 0.300 e. The summed E-state index contributed by atoms with van der Waals surface area (Å²) in [6.45, 7) is 5.36. The number of hydrogen-bond acceptors (Lipinski definition) is 2. The van der Waals surface area contributed by atoms with E-state index in [2.05, 4.69) is 43.4 Å². The number of benzene rings is 1. The van der Waals surface area contributed by atoms with Crippen LogP contribution in [0.5, 0.6) is 0 Å². The summed E-state index contributed by atoms with van der Waals surface area (Å²) in [5, 5.41) is 11.4. The van der Waals surface area contributed by atoms with Gasteiger partial charge in [0.2, 0.25) is 0 Å². The average Bonchev–Trinajstić information content (AvgIpc) is 2.09. The van der Waals surface area contributed by atoms with Crippen molar-refractivity contribution in [3.63, 3.8) is 0 Å². The van der Waals surface area contributed by atoms with Gasteiger partial charge in [0.15, 0.2) is 0 Å². The van der Waals surface area contributed by atoms with Crippen LogP contribution in [-0.4, -0.2) is 6.54 Å². The summed E-state index contributed by atoms with van der Waals surface area (Å²) in [5.41, 5.74) is 3.83. The van der Waals surface area contributed by atoms with Crippen molar-refractivity contribution >= 4 is 0 Å². The average molecular weight is 174 g/mol. The number of aryl methyl sites for hydroxylation is 2. The Morgan fingerprint density at radius 2 is 2.15 bits per heavy atom. The summed E-state index contributed by atoms with van der Waals surface area (Å²) in [6, 6.07) is 8.41. The van der Waals surface area contributed by atoms with Gasteiger partial charge >= 0.3 is 0 Å². The lowest BCUT2D eigenvalue weighted by Crippen LogP contribution is -2.13. The molecule has 0 radical (unpaired) electrons. The molecule has 0 saturated heterocycles. The third-order valence-corrected chi connectivity index (χ3v) is 2.02. The van der Waals surface area contributed by atoms with Crippen LogP contribution in [0.25, 0.3) is 0 Å². The number of hydrogen-bond donors (Lipinski definition) is 1. The molecule has 1 N–H and O–H groups in total. The van der Waals surface area contributed by atoms with Crippen LogP contribution < -0.4 is 5.32 Å². The molecule has 0 bridgehead atoms. The maximum atomic E-state index is 8.35. The van der Waals surface area contributed by atoms with E-state index in [4.69, 9.17) is 5.26 Å². The zero-order chi connectivity index (χ0) is 9.68. The van der Waals surface area contributed by atoms with Gasteiger partial charge in [-0.05, 0) is 25.0 Å². The second-order valence-electron chi connectivity index (χ2n) is 3.19. The van der Waals surface area contributed by atoms with Gasteiger partial charge in [-0.3, -0.25) is 0 Å². The standard InChI is InChI=1S/C11H14N2/c1-9-3-4-11(10(2)7-9)8-13-6-5-12/h3-4,7,13H,6,8H2,1-2H3. The monoisotopic (exact) mass is 174 g/mol. The third-order valence-electron chi connectivity index (χ3n) is 2.02. The Labute approximate surface area is 79.2 Å². The molecule has 2 heteroatoms. The Hall–Kier alpha value is -1.33. The van der Waals surface area contributed by atoms with E-state index in [-0.39, 0.29) is 0 Å². The predicted molar refractivity (Wildman–Crippen MR) is 53.2 cm³/mol. The van der Waals surface area contributed by atoms with Crippen LogP contribution in [0.2, 0.25) is 0 Å². The summed E-state index contributed by atoms with van der Waals surface area (Å²) in [5.74, 6) is 0. The van der Waals surface area contributed by atoms with Crippen LogP contribution in [0.15, 0.2) is 18.2 Å². The van der Waals surface area contributed by atoms with Gasteiger partial charge in [-0.25, -0.2) is 0 Å². The van der Waals surface area contributed by atoms with E-state index in [0.29, 0.717) is 6.54 Å². The number of nitrogens with one attached hydrogen (secondary N) is 1. The van der Waals surface area contributed by atoms with Gasteiger partial charge < -0.3 is 5.32 Å². The van der Waals surface area contributed by atoms with Crippen LogP contribution in [0.1, 0.15) is 16.7 Å². The highest BCUT2D eigenvalue weighted by Gasteiger charge is 1.96. The third kappa shape index (κ3) is 2.89. The molecule has 1 aromatic rings. The van der Waals surface area contributed by atoms with Crippen LogP contribution in [0, 0.1) is 25.2 Å². The Morgan fingerprint density at radius 1 is 1.38 bits per heavy atom. The highest BCUT2D eigenvalue weighted by atomic mass is 14.8. The van der Waals surface area contributed by atoms with Gasteiger partial charge in [0.1, 0.15) is 0 Å². The molecular weight excluding hydrogens is 160 g/mol. The lowest BCUT2D eigenvalue weighted by atomic mass is 10.1. The first-order valence-electron chi connectivity index (χ1n) is 4.38. The lowest BCUT2D eigenvalue weighted by Gasteiger charge is -2.05. The topological polar surface area (TPSA) is 35.8 Å². The van der Waals surface area contributed by atoms with Gasteiger partial charge in [0.05, 0.1) is 12.6 Å². The maximum Gasteiger partial charge on any atom is 0.0843 e. The minimum Gasteiger partial charge on any atom is -0.300 e. The van der Waals surface area contributed by atoms with Crippen molar-refractivity contribution in [2.45, 2.75) is 20.4 Å². The van der Waals surface area contributed by atoms with Gasteiger partial charge in [-0.2, -0.15) is 5.26 Å². The van der Waals surface area contributed by atoms with Crippen LogP contribution >= 0.6 is 0 Å². The molecule has 0 heterocycles. The van der Waals surface area contributed by atoms with Crippen LogP contribution in [0.3, 0.4) is 0 Å². The normalized spacial score (nSPS) is 9.62. The molecule has 2 nitrogen and oxygen atoms in total. The van der Waals surface area contributed by atoms with Crippen molar-refractivity contribution in [3.8, 4) is 6.07 Å². The first-order chi connectivity index (χ1) is 6.24. The summed E-state index contributed by atoms with van der Waals surface area (Å²) in [7, 11) is 0. The lowest BCUT2D eigenvalue weighted by molar-refractivity contribution is 0.761. The molecule has 0 spiro atoms. The second kappa shape index (κ2) is 4.64. The number of rotatable bonds is 3. The van der Waals surface area contributed by atoms with Crippen LogP contribution in [0.4, 0.5) is 0 Å². The number of nitriles is 1. The maximum absolute atomic E-state index is 8.35. The molecule has 68 valence electrons. The Morgan fingerprint density at radius 3 is 2.77 bits per heavy atom. The van der Waals surface area contributed by atoms with Crippen LogP contribution in [-0.2, 0) is 6.54 Å². The molecule has 0 aliphatic heterocycles. The Kier molecular flexibility index (Phi) is 3.48. The minimum absolute atomic E-state index is 0.410. The zero-order valence-corrected chi connectivity index (χ0v) is 8.09. The van der Waals surface area contributed by atoms with Crippen molar-refractivity contribution in [2.75, 3.05) is 6.54 Å². The SMILES string of the molecule is Cc1ccc(CNCC#N)c(C)c1. The first-order valence-corrected chi connectivity index (χ1v) is 4.38. The molecule has 13 heavy (non-hydrogen) atoms. The van der Waals surface area contributed by atoms with E-state index < -0.39 is 0 Å². The molecule has 0 atom stereocenters. The highest BCUT2D eigenvalue weighted by Crippen LogP contribution is 2.09. The summed E-state index contributed by atoms with van der Waals surface area (Å²) in [6.07, 6.45) is 0. The van der Waals surface area contributed by atoms with Gasteiger partial charge in [-0.1, -0.05) is 23.8 Å². The van der Waals surface area contributed by atoms with Crippen molar-refractivity contribution in [1.82, 2.24) is 5.32 Å². The summed E-state index contributed by atoms with van der Waals surface area (Å²) >= 11 is 0. The Bertz CT molecular complexity index is 323. The second-order valence-corrected chi connectivity index (χ2v) is 3.19. The molecule has 1 aromatic carbocycles. The quantitative estimate of drug-likeness (QED) is 0.561. The predicted octanol–water partition coefficient (Wildman–Crippen LogP) is 1.92. The molecule has 0 unspecified atom stereocenters. The molecule has 0 fully saturated rings.